The molecule has 7 heteroatoms. The van der Waals surface area contributed by atoms with Gasteiger partial charge in [0.2, 0.25) is 0 Å². The molecule has 1 saturated heterocycles. The van der Waals surface area contributed by atoms with E-state index >= 15 is 0 Å². The van der Waals surface area contributed by atoms with Crippen LogP contribution < -0.4 is 15.6 Å². The van der Waals surface area contributed by atoms with E-state index in [0.717, 1.165) is 18.6 Å². The number of nitrogens with one attached hydrogen (secondary N) is 1. The van der Waals surface area contributed by atoms with Crippen LogP contribution in [0.25, 0.3) is 0 Å². The molecule has 0 spiro atoms. The Kier molecular flexibility index (Phi) is 5.30. The summed E-state index contributed by atoms with van der Waals surface area (Å²) >= 11 is 6.17. The molecule has 1 aliphatic heterocycles. The van der Waals surface area contributed by atoms with Gasteiger partial charge in [0, 0.05) is 32.2 Å². The molecular formula is C18H22ClN3O3. The number of halogens is 1. The Hall–Kier alpha value is -2.05. The third-order valence-electron chi connectivity index (χ3n) is 4.85. The topological polar surface area (TPSA) is 65.4 Å². The van der Waals surface area contributed by atoms with Gasteiger partial charge in [0.05, 0.1) is 19.0 Å². The van der Waals surface area contributed by atoms with Crippen LogP contribution in [0.2, 0.25) is 5.02 Å². The normalized spacial score (nSPS) is 16.4. The molecule has 1 N–H and O–H groups in total. The summed E-state index contributed by atoms with van der Waals surface area (Å²) in [5, 5.41) is 7.52. The van der Waals surface area contributed by atoms with Crippen LogP contribution in [0.4, 0.5) is 5.69 Å². The summed E-state index contributed by atoms with van der Waals surface area (Å²) < 4.78 is 12.0. The first-order valence-corrected chi connectivity index (χ1v) is 8.61. The number of methoxy groups -OCH3 is 1. The van der Waals surface area contributed by atoms with Crippen LogP contribution in [-0.2, 0) is 17.2 Å². The van der Waals surface area contributed by atoms with E-state index in [1.165, 1.54) is 10.2 Å². The molecule has 0 unspecified atom stereocenters. The van der Waals surface area contributed by atoms with E-state index in [1.807, 2.05) is 12.1 Å². The van der Waals surface area contributed by atoms with Crippen molar-refractivity contribution in [2.45, 2.75) is 18.3 Å². The van der Waals surface area contributed by atoms with Gasteiger partial charge in [-0.3, -0.25) is 4.79 Å². The van der Waals surface area contributed by atoms with E-state index in [9.17, 15) is 4.79 Å². The Labute approximate surface area is 151 Å². The minimum Gasteiger partial charge on any atom is -0.497 e. The van der Waals surface area contributed by atoms with Gasteiger partial charge in [0.15, 0.2) is 0 Å². The van der Waals surface area contributed by atoms with Crippen LogP contribution in [0, 0.1) is 0 Å². The Balaban J connectivity index is 1.86. The Bertz CT molecular complexity index is 783. The molecule has 2 heterocycles. The summed E-state index contributed by atoms with van der Waals surface area (Å²) in [7, 11) is 3.24. The minimum atomic E-state index is -0.308. The van der Waals surface area contributed by atoms with Crippen LogP contribution in [0.5, 0.6) is 5.75 Å². The molecule has 6 nitrogen and oxygen atoms in total. The van der Waals surface area contributed by atoms with Gasteiger partial charge in [-0.1, -0.05) is 23.7 Å². The maximum absolute atomic E-state index is 12.0. The monoisotopic (exact) mass is 363 g/mol. The molecule has 1 aromatic heterocycles. The summed E-state index contributed by atoms with van der Waals surface area (Å²) in [6, 6.07) is 8.13. The number of nitrogens with zero attached hydrogens (tertiary/aromatic N) is 2. The molecule has 0 amide bonds. The molecule has 1 aliphatic rings. The highest BCUT2D eigenvalue weighted by molar-refractivity contribution is 6.32. The van der Waals surface area contributed by atoms with Crippen molar-refractivity contribution in [2.75, 3.05) is 32.2 Å². The number of aryl methyl sites for hydroxylation is 1. The molecule has 0 aliphatic carbocycles. The quantitative estimate of drug-likeness (QED) is 0.884. The highest BCUT2D eigenvalue weighted by Gasteiger charge is 2.34. The average molecular weight is 364 g/mol. The molecule has 1 fully saturated rings. The molecule has 134 valence electrons. The van der Waals surface area contributed by atoms with E-state index in [4.69, 9.17) is 21.1 Å². The zero-order valence-electron chi connectivity index (χ0n) is 14.4. The molecule has 1 aromatic carbocycles. The van der Waals surface area contributed by atoms with Gasteiger partial charge in [-0.25, -0.2) is 4.68 Å². The lowest BCUT2D eigenvalue weighted by atomic mass is 9.74. The predicted octanol–water partition coefficient (Wildman–Crippen LogP) is 2.60. The summed E-state index contributed by atoms with van der Waals surface area (Å²) in [6.45, 7) is 2.06. The van der Waals surface area contributed by atoms with Crippen LogP contribution in [-0.4, -0.2) is 36.6 Å². The number of hydrogen-bond donors (Lipinski definition) is 1. The summed E-state index contributed by atoms with van der Waals surface area (Å²) in [5.41, 5.74) is 1.38. The second-order valence-electron chi connectivity index (χ2n) is 6.28. The first-order chi connectivity index (χ1) is 12.1. The van der Waals surface area contributed by atoms with Gasteiger partial charge < -0.3 is 14.8 Å². The lowest BCUT2D eigenvalue weighted by Gasteiger charge is -2.38. The van der Waals surface area contributed by atoms with Crippen LogP contribution >= 0.6 is 11.6 Å². The third kappa shape index (κ3) is 3.65. The molecule has 0 radical (unpaired) electrons. The summed E-state index contributed by atoms with van der Waals surface area (Å²) in [6.07, 6.45) is 3.37. The van der Waals surface area contributed by atoms with E-state index in [-0.39, 0.29) is 16.0 Å². The van der Waals surface area contributed by atoms with E-state index < -0.39 is 0 Å². The van der Waals surface area contributed by atoms with Crippen molar-refractivity contribution in [3.8, 4) is 5.75 Å². The molecule has 3 rings (SSSR count). The van der Waals surface area contributed by atoms with Gasteiger partial charge in [0.25, 0.3) is 5.56 Å². The minimum absolute atomic E-state index is 0.0884. The highest BCUT2D eigenvalue weighted by Crippen LogP contribution is 2.36. The number of aromatic nitrogens is 2. The number of ether oxygens (including phenoxy) is 2. The predicted molar refractivity (Wildman–Crippen MR) is 97.7 cm³/mol. The van der Waals surface area contributed by atoms with E-state index in [2.05, 4.69) is 22.5 Å². The molecule has 0 atom stereocenters. The van der Waals surface area contributed by atoms with Crippen molar-refractivity contribution in [3.05, 3.63) is 51.4 Å². The lowest BCUT2D eigenvalue weighted by Crippen LogP contribution is -2.40. The van der Waals surface area contributed by atoms with Gasteiger partial charge in [-0.15, -0.1) is 0 Å². The van der Waals surface area contributed by atoms with Crippen molar-refractivity contribution in [3.63, 3.8) is 0 Å². The number of hydrogen-bond acceptors (Lipinski definition) is 5. The van der Waals surface area contributed by atoms with Crippen LogP contribution in [0.3, 0.4) is 0 Å². The Morgan fingerprint density at radius 3 is 2.64 bits per heavy atom. The van der Waals surface area contributed by atoms with Crippen molar-refractivity contribution in [2.24, 2.45) is 7.05 Å². The maximum atomic E-state index is 12.0. The Morgan fingerprint density at radius 1 is 1.32 bits per heavy atom. The summed E-state index contributed by atoms with van der Waals surface area (Å²) in [4.78, 5) is 12.0. The first kappa shape index (κ1) is 17.8. The van der Waals surface area contributed by atoms with Crippen molar-refractivity contribution >= 4 is 17.3 Å². The molecule has 0 saturated carbocycles. The largest absolute Gasteiger partial charge is 0.497 e. The van der Waals surface area contributed by atoms with Gasteiger partial charge >= 0.3 is 0 Å². The standard InChI is InChI=1S/C18H22ClN3O3/c1-22-17(23)16(19)15(11-21-22)20-12-18(7-9-25-10-8-18)13-3-5-14(24-2)6-4-13/h3-6,11,20H,7-10,12H2,1-2H3. The van der Waals surface area contributed by atoms with Crippen LogP contribution in [0.15, 0.2) is 35.3 Å². The fourth-order valence-electron chi connectivity index (χ4n) is 3.17. The smallest absolute Gasteiger partial charge is 0.287 e. The zero-order valence-corrected chi connectivity index (χ0v) is 15.2. The molecule has 25 heavy (non-hydrogen) atoms. The second-order valence-corrected chi connectivity index (χ2v) is 6.65. The number of benzene rings is 1. The Morgan fingerprint density at radius 2 is 2.00 bits per heavy atom. The summed E-state index contributed by atoms with van der Waals surface area (Å²) in [5.74, 6) is 0.831. The fourth-order valence-corrected chi connectivity index (χ4v) is 3.41. The van der Waals surface area contributed by atoms with E-state index in [1.54, 1.807) is 20.4 Å². The van der Waals surface area contributed by atoms with Crippen molar-refractivity contribution < 1.29 is 9.47 Å². The van der Waals surface area contributed by atoms with Gasteiger partial charge in [0.1, 0.15) is 10.8 Å². The average Bonchev–Trinajstić information content (AvgIpc) is 2.66. The first-order valence-electron chi connectivity index (χ1n) is 8.24. The zero-order chi connectivity index (χ0) is 17.9. The van der Waals surface area contributed by atoms with Crippen molar-refractivity contribution in [1.29, 1.82) is 0 Å². The van der Waals surface area contributed by atoms with Crippen LogP contribution in [0.1, 0.15) is 18.4 Å². The fraction of sp³-hybridized carbons (Fsp3) is 0.444. The molecular weight excluding hydrogens is 342 g/mol. The molecule has 2 aromatic rings. The SMILES string of the molecule is COc1ccc(C2(CNc3cnn(C)c(=O)c3Cl)CCOCC2)cc1. The third-order valence-corrected chi connectivity index (χ3v) is 5.21. The lowest BCUT2D eigenvalue weighted by molar-refractivity contribution is 0.0544. The van der Waals surface area contributed by atoms with Gasteiger partial charge in [-0.2, -0.15) is 5.10 Å². The maximum Gasteiger partial charge on any atom is 0.287 e. The second kappa shape index (κ2) is 7.45. The molecule has 0 bridgehead atoms. The number of rotatable bonds is 5. The van der Waals surface area contributed by atoms with Crippen molar-refractivity contribution in [1.82, 2.24) is 9.78 Å². The highest BCUT2D eigenvalue weighted by atomic mass is 35.5. The van der Waals surface area contributed by atoms with E-state index in [0.29, 0.717) is 25.4 Å². The number of anilines is 1. The van der Waals surface area contributed by atoms with Gasteiger partial charge in [-0.05, 0) is 30.5 Å².